The molecule has 0 saturated carbocycles. The lowest BCUT2D eigenvalue weighted by Crippen LogP contribution is -2.33. The van der Waals surface area contributed by atoms with Crippen molar-refractivity contribution >= 4 is 17.2 Å². The Morgan fingerprint density at radius 1 is 1.36 bits per heavy atom. The monoisotopic (exact) mass is 382 g/mol. The summed E-state index contributed by atoms with van der Waals surface area (Å²) in [5.41, 5.74) is 6.97. The topological polar surface area (TPSA) is 122 Å². The van der Waals surface area contributed by atoms with Gasteiger partial charge in [-0.15, -0.1) is 0 Å². The highest BCUT2D eigenvalue weighted by Crippen LogP contribution is 2.48. The molecule has 1 aromatic carbocycles. The number of nitro groups is 1. The molecule has 0 saturated heterocycles. The number of allylic oxidation sites excluding steroid dienone is 3. The second-order valence-electron chi connectivity index (χ2n) is 8.10. The fourth-order valence-electron chi connectivity index (χ4n) is 3.86. The van der Waals surface area contributed by atoms with E-state index in [0.717, 1.165) is 0 Å². The lowest BCUT2D eigenvalue weighted by molar-refractivity contribution is -0.384. The van der Waals surface area contributed by atoms with Crippen LogP contribution in [-0.2, 0) is 9.53 Å². The molecule has 2 N–H and O–H groups in total. The van der Waals surface area contributed by atoms with Crippen LogP contribution in [0.15, 0.2) is 41.0 Å². The van der Waals surface area contributed by atoms with Crippen LogP contribution in [0.5, 0.6) is 0 Å². The molecule has 0 amide bonds. The minimum atomic E-state index is -0.771. The molecular weight excluding hydrogens is 360 g/mol. The van der Waals surface area contributed by atoms with E-state index >= 15 is 0 Å². The summed E-state index contributed by atoms with van der Waals surface area (Å²) in [6.45, 7) is 3.92. The van der Waals surface area contributed by atoms with Crippen LogP contribution in [0.1, 0.15) is 38.2 Å². The van der Waals surface area contributed by atoms with Crippen LogP contribution in [0.25, 0.3) is 0 Å². The molecule has 0 spiro atoms. The van der Waals surface area contributed by atoms with Crippen LogP contribution < -0.4 is 10.6 Å². The Balaban J connectivity index is 2.22. The van der Waals surface area contributed by atoms with E-state index in [0.29, 0.717) is 35.4 Å². The molecule has 1 aliphatic heterocycles. The summed E-state index contributed by atoms with van der Waals surface area (Å²) in [5.74, 6) is -0.513. The number of rotatable bonds is 3. The Labute approximate surface area is 163 Å². The minimum absolute atomic E-state index is 0.0592. The quantitative estimate of drug-likeness (QED) is 0.629. The van der Waals surface area contributed by atoms with Crippen LogP contribution in [0.4, 0.5) is 11.4 Å². The van der Waals surface area contributed by atoms with Crippen molar-refractivity contribution in [3.63, 3.8) is 0 Å². The molecule has 28 heavy (non-hydrogen) atoms. The molecule has 2 aliphatic rings. The van der Waals surface area contributed by atoms with Gasteiger partial charge in [0.15, 0.2) is 5.78 Å². The zero-order valence-electron chi connectivity index (χ0n) is 16.3. The van der Waals surface area contributed by atoms with E-state index in [4.69, 9.17) is 10.5 Å². The molecule has 3 rings (SSSR count). The van der Waals surface area contributed by atoms with E-state index in [1.54, 1.807) is 31.1 Å². The molecule has 8 nitrogen and oxygen atoms in total. The van der Waals surface area contributed by atoms with Gasteiger partial charge < -0.3 is 15.4 Å². The smallest absolute Gasteiger partial charge is 0.292 e. The zero-order valence-corrected chi connectivity index (χ0v) is 16.3. The highest BCUT2D eigenvalue weighted by atomic mass is 16.6. The Bertz CT molecular complexity index is 982. The maximum absolute atomic E-state index is 12.9. The number of benzene rings is 1. The molecule has 146 valence electrons. The number of hydrogen-bond acceptors (Lipinski definition) is 7. The Kier molecular flexibility index (Phi) is 4.63. The number of nitriles is 1. The van der Waals surface area contributed by atoms with Gasteiger partial charge in [-0.1, -0.05) is 19.9 Å². The summed E-state index contributed by atoms with van der Waals surface area (Å²) >= 11 is 0. The largest absolute Gasteiger partial charge is 0.444 e. The van der Waals surface area contributed by atoms with Crippen LogP contribution in [0.3, 0.4) is 0 Å². The summed E-state index contributed by atoms with van der Waals surface area (Å²) in [6.07, 6.45) is 0.810. The number of ether oxygens (including phenoxy) is 1. The normalized spacial score (nSPS) is 21.0. The van der Waals surface area contributed by atoms with Crippen molar-refractivity contribution in [3.05, 3.63) is 56.7 Å². The first kappa shape index (κ1) is 19.4. The van der Waals surface area contributed by atoms with Gasteiger partial charge in [-0.3, -0.25) is 14.9 Å². The first-order valence-electron chi connectivity index (χ1n) is 8.85. The Morgan fingerprint density at radius 3 is 2.61 bits per heavy atom. The second kappa shape index (κ2) is 6.68. The van der Waals surface area contributed by atoms with Crippen LogP contribution in [0.2, 0.25) is 0 Å². The molecule has 1 aliphatic carbocycles. The summed E-state index contributed by atoms with van der Waals surface area (Å²) in [5, 5.41) is 21.2. The van der Waals surface area contributed by atoms with E-state index in [-0.39, 0.29) is 28.3 Å². The van der Waals surface area contributed by atoms with E-state index < -0.39 is 10.8 Å². The van der Waals surface area contributed by atoms with E-state index in [1.165, 1.54) is 6.07 Å². The molecule has 0 bridgehead atoms. The number of nitro benzene ring substituents is 1. The van der Waals surface area contributed by atoms with Gasteiger partial charge in [0.2, 0.25) is 5.88 Å². The lowest BCUT2D eigenvalue weighted by Gasteiger charge is -2.37. The molecule has 0 radical (unpaired) electrons. The van der Waals surface area contributed by atoms with Crippen molar-refractivity contribution in [1.29, 1.82) is 5.26 Å². The molecule has 8 heteroatoms. The number of hydrogen-bond donors (Lipinski definition) is 1. The third kappa shape index (κ3) is 3.20. The second-order valence-corrected chi connectivity index (χ2v) is 8.10. The summed E-state index contributed by atoms with van der Waals surface area (Å²) in [6, 6.07) is 6.75. The number of nitrogens with zero attached hydrogens (tertiary/aromatic N) is 3. The van der Waals surface area contributed by atoms with Gasteiger partial charge in [0, 0.05) is 38.6 Å². The van der Waals surface area contributed by atoms with Crippen LogP contribution in [-0.4, -0.2) is 24.8 Å². The van der Waals surface area contributed by atoms with E-state index in [9.17, 15) is 20.2 Å². The van der Waals surface area contributed by atoms with Gasteiger partial charge in [-0.25, -0.2) is 0 Å². The first-order valence-corrected chi connectivity index (χ1v) is 8.85. The van der Waals surface area contributed by atoms with E-state index in [1.807, 2.05) is 19.9 Å². The molecule has 1 atom stereocenters. The molecule has 0 fully saturated rings. The molecule has 1 heterocycles. The highest BCUT2D eigenvalue weighted by molar-refractivity contribution is 6.00. The van der Waals surface area contributed by atoms with Crippen molar-refractivity contribution in [2.45, 2.75) is 32.6 Å². The summed E-state index contributed by atoms with van der Waals surface area (Å²) in [7, 11) is 3.42. The minimum Gasteiger partial charge on any atom is -0.444 e. The summed E-state index contributed by atoms with van der Waals surface area (Å²) < 4.78 is 5.64. The SMILES string of the molecule is CN(C)c1ccc([C@@H]2C(C#N)=C(N)OC3=C2C(=O)CC(C)(C)C3)cc1[N+](=O)[O-]. The van der Waals surface area contributed by atoms with Gasteiger partial charge in [0.25, 0.3) is 5.69 Å². The standard InChI is InChI=1S/C20H22N4O4/c1-20(2)8-15(25)18-16(9-20)28-19(22)12(10-21)17(18)11-5-6-13(23(3)4)14(7-11)24(26)27/h5-7,17H,8-9,22H2,1-4H3/t17-/m1/s1. The predicted octanol–water partition coefficient (Wildman–Crippen LogP) is 3.11. The fourth-order valence-corrected chi connectivity index (χ4v) is 3.86. The molecule has 1 aromatic rings. The van der Waals surface area contributed by atoms with Crippen molar-refractivity contribution in [2.24, 2.45) is 11.1 Å². The average Bonchev–Trinajstić information content (AvgIpc) is 2.58. The third-order valence-electron chi connectivity index (χ3n) is 5.09. The summed E-state index contributed by atoms with van der Waals surface area (Å²) in [4.78, 5) is 25.7. The van der Waals surface area contributed by atoms with Gasteiger partial charge >= 0.3 is 0 Å². The van der Waals surface area contributed by atoms with Gasteiger partial charge in [-0.05, 0) is 17.0 Å². The number of nitrogens with two attached hydrogens (primary N) is 1. The Morgan fingerprint density at radius 2 is 2.04 bits per heavy atom. The number of ketones is 1. The van der Waals surface area contributed by atoms with Crippen LogP contribution >= 0.6 is 0 Å². The van der Waals surface area contributed by atoms with Crippen molar-refractivity contribution < 1.29 is 14.5 Å². The fraction of sp³-hybridized carbons (Fsp3) is 0.400. The van der Waals surface area contributed by atoms with E-state index in [2.05, 4.69) is 0 Å². The Hall–Kier alpha value is -3.34. The third-order valence-corrected chi connectivity index (χ3v) is 5.09. The number of Topliss-reactive ketones (excluding diaryl/α,β-unsaturated/α-hetero) is 1. The maximum Gasteiger partial charge on any atom is 0.292 e. The van der Waals surface area contributed by atoms with Crippen molar-refractivity contribution in [1.82, 2.24) is 0 Å². The number of carbonyl (C=O) groups is 1. The molecular formula is C20H22N4O4. The number of anilines is 1. The van der Waals surface area contributed by atoms with Gasteiger partial charge in [0.05, 0.1) is 10.8 Å². The lowest BCUT2D eigenvalue weighted by atomic mass is 9.70. The predicted molar refractivity (Wildman–Crippen MR) is 103 cm³/mol. The van der Waals surface area contributed by atoms with Crippen molar-refractivity contribution in [2.75, 3.05) is 19.0 Å². The van der Waals surface area contributed by atoms with Crippen molar-refractivity contribution in [3.8, 4) is 6.07 Å². The molecule has 0 aromatic heterocycles. The highest BCUT2D eigenvalue weighted by Gasteiger charge is 2.43. The number of carbonyl (C=O) groups excluding carboxylic acids is 1. The first-order chi connectivity index (χ1) is 13.1. The zero-order chi connectivity index (χ0) is 20.8. The van der Waals surface area contributed by atoms with Gasteiger partial charge in [0.1, 0.15) is 23.1 Å². The van der Waals surface area contributed by atoms with Crippen LogP contribution in [0, 0.1) is 26.9 Å². The maximum atomic E-state index is 12.9. The average molecular weight is 382 g/mol. The molecule has 0 unspecified atom stereocenters. The van der Waals surface area contributed by atoms with Gasteiger partial charge in [-0.2, -0.15) is 5.26 Å².